The fourth-order valence-electron chi connectivity index (χ4n) is 4.92. The van der Waals surface area contributed by atoms with Crippen molar-refractivity contribution in [1.82, 2.24) is 9.80 Å². The van der Waals surface area contributed by atoms with Crippen molar-refractivity contribution in [3.63, 3.8) is 0 Å². The van der Waals surface area contributed by atoms with Gasteiger partial charge in [-0.1, -0.05) is 165 Å². The molecule has 0 aromatic carbocycles. The average Bonchev–Trinajstić information content (AvgIpc) is 2.93. The van der Waals surface area contributed by atoms with Crippen LogP contribution >= 0.6 is 24.4 Å². The summed E-state index contributed by atoms with van der Waals surface area (Å²) < 4.78 is 1.35. The second kappa shape index (κ2) is 45.7. The second-order valence-corrected chi connectivity index (χ2v) is 13.6. The maximum atomic E-state index is 5.20. The van der Waals surface area contributed by atoms with E-state index in [1.807, 2.05) is 0 Å². The molecule has 0 aromatic heterocycles. The minimum absolute atomic E-state index is 0. The SMILES string of the molecule is CCCCCCCCN(CCCCCCCC)C(=S)[S-].CCCCCCCCN(CCCCCCCC)C(=S)[S-].[Mo].[S-2].[S-2]. The van der Waals surface area contributed by atoms with E-state index in [-0.39, 0.29) is 48.1 Å². The number of unbranched alkanes of at least 4 members (excludes halogenated alkanes) is 20. The first-order chi connectivity index (χ1) is 19.4. The molecule has 0 aliphatic rings. The van der Waals surface area contributed by atoms with Gasteiger partial charge in [0, 0.05) is 47.2 Å². The van der Waals surface area contributed by atoms with E-state index in [1.54, 1.807) is 0 Å². The number of thiocarbonyl (C=S) groups is 2. The van der Waals surface area contributed by atoms with Crippen molar-refractivity contribution in [3.05, 3.63) is 0 Å². The fourth-order valence-corrected chi connectivity index (χ4v) is 5.65. The van der Waals surface area contributed by atoms with Crippen molar-refractivity contribution >= 4 is 85.3 Å². The normalized spacial score (nSPS) is 9.95. The van der Waals surface area contributed by atoms with Crippen LogP contribution in [0.4, 0.5) is 0 Å². The Hall–Kier alpha value is 1.61. The predicted molar refractivity (Wildman–Crippen MR) is 211 cm³/mol. The van der Waals surface area contributed by atoms with E-state index < -0.39 is 0 Å². The summed E-state index contributed by atoms with van der Waals surface area (Å²) in [4.78, 5) is 4.48. The van der Waals surface area contributed by atoms with Crippen LogP contribution in [0.1, 0.15) is 182 Å². The van der Waals surface area contributed by atoms with Gasteiger partial charge in [-0.25, -0.2) is 0 Å². The Kier molecular flexibility index (Phi) is 57.5. The molecule has 0 radical (unpaired) electrons. The first-order valence-corrected chi connectivity index (χ1v) is 19.0. The molecule has 0 amide bonds. The van der Waals surface area contributed by atoms with Crippen molar-refractivity contribution in [2.75, 3.05) is 26.2 Å². The molecule has 262 valence electrons. The van der Waals surface area contributed by atoms with E-state index in [0.29, 0.717) is 8.64 Å². The quantitative estimate of drug-likeness (QED) is 0.0335. The molecular formula is C34H68MoN2S6-6. The Labute approximate surface area is 321 Å². The molecule has 0 saturated carbocycles. The summed E-state index contributed by atoms with van der Waals surface area (Å²) in [5, 5.41) is 0. The summed E-state index contributed by atoms with van der Waals surface area (Å²) >= 11 is 20.8. The van der Waals surface area contributed by atoms with E-state index >= 15 is 0 Å². The van der Waals surface area contributed by atoms with Gasteiger partial charge in [-0.2, -0.15) is 0 Å². The van der Waals surface area contributed by atoms with Gasteiger partial charge in [-0.15, -0.1) is 0 Å². The number of hydrogen-bond donors (Lipinski definition) is 0. The van der Waals surface area contributed by atoms with Gasteiger partial charge >= 0.3 is 0 Å². The first kappa shape index (κ1) is 54.1. The molecule has 0 rings (SSSR count). The van der Waals surface area contributed by atoms with Gasteiger partial charge in [0.2, 0.25) is 0 Å². The van der Waals surface area contributed by atoms with Gasteiger partial charge in [-0.05, 0) is 25.7 Å². The molecule has 9 heteroatoms. The molecule has 0 spiro atoms. The third-order valence-corrected chi connectivity index (χ3v) is 8.68. The predicted octanol–water partition coefficient (Wildman–Crippen LogP) is 11.7. The molecule has 0 atom stereocenters. The summed E-state index contributed by atoms with van der Waals surface area (Å²) in [6.07, 6.45) is 32.0. The Balaban J connectivity index is -0.000000209. The summed E-state index contributed by atoms with van der Waals surface area (Å²) in [5.41, 5.74) is 0. The summed E-state index contributed by atoms with van der Waals surface area (Å²) in [5.74, 6) is 0. The zero-order valence-electron chi connectivity index (χ0n) is 28.6. The van der Waals surface area contributed by atoms with Crippen molar-refractivity contribution in [2.24, 2.45) is 0 Å². The smallest absolute Gasteiger partial charge is 0.0162 e. The van der Waals surface area contributed by atoms with E-state index in [9.17, 15) is 0 Å². The van der Waals surface area contributed by atoms with Crippen LogP contribution in [0.3, 0.4) is 0 Å². The standard InChI is InChI=1S/2C17H35NS2.Mo.2S/c2*1-3-5-7-9-11-13-15-18(17(19)20)16-14-12-10-8-6-4-2;;;/h2*3-16H2,1-2H3,(H,19,20);;;/q;;;2*-2/p-2. The van der Waals surface area contributed by atoms with Crippen LogP contribution in [0.25, 0.3) is 0 Å². The molecule has 0 aliphatic carbocycles. The second-order valence-electron chi connectivity index (χ2n) is 11.6. The van der Waals surface area contributed by atoms with Crippen LogP contribution in [0, 0.1) is 0 Å². The first-order valence-electron chi connectivity index (χ1n) is 17.4. The zero-order chi connectivity index (χ0) is 30.1. The van der Waals surface area contributed by atoms with Crippen molar-refractivity contribution < 1.29 is 21.1 Å². The zero-order valence-corrected chi connectivity index (χ0v) is 35.5. The van der Waals surface area contributed by atoms with Crippen molar-refractivity contribution in [1.29, 1.82) is 0 Å². The molecule has 43 heavy (non-hydrogen) atoms. The largest absolute Gasteiger partial charge is 2.00 e. The van der Waals surface area contributed by atoms with Gasteiger partial charge < -0.3 is 86.5 Å². The van der Waals surface area contributed by atoms with Gasteiger partial charge in [0.15, 0.2) is 0 Å². The molecule has 2 nitrogen and oxygen atoms in total. The number of rotatable bonds is 28. The van der Waals surface area contributed by atoms with Crippen LogP contribution in [0.5, 0.6) is 0 Å². The third-order valence-electron chi connectivity index (χ3n) is 7.64. The maximum absolute atomic E-state index is 5.20. The van der Waals surface area contributed by atoms with E-state index in [4.69, 9.17) is 49.7 Å². The van der Waals surface area contributed by atoms with Gasteiger partial charge in [0.1, 0.15) is 0 Å². The number of nitrogens with zero attached hydrogens (tertiary/aromatic N) is 2. The third kappa shape index (κ3) is 43.6. The number of hydrogen-bond acceptors (Lipinski definition) is 4. The molecule has 0 fully saturated rings. The molecule has 0 aromatic rings. The van der Waals surface area contributed by atoms with Crippen molar-refractivity contribution in [3.8, 4) is 0 Å². The molecule has 0 heterocycles. The minimum atomic E-state index is 0. The molecule has 0 aliphatic heterocycles. The van der Waals surface area contributed by atoms with E-state index in [2.05, 4.69) is 37.5 Å². The molecular weight excluding hydrogens is 725 g/mol. The monoisotopic (exact) mass is 794 g/mol. The Morgan fingerprint density at radius 3 is 0.698 bits per heavy atom. The Bertz CT molecular complexity index is 465. The summed E-state index contributed by atoms with van der Waals surface area (Å²) in [6, 6.07) is 0. The van der Waals surface area contributed by atoms with Gasteiger partial charge in [0.05, 0.1) is 0 Å². The summed E-state index contributed by atoms with van der Waals surface area (Å²) in [7, 11) is 0. The molecule has 0 saturated heterocycles. The fraction of sp³-hybridized carbons (Fsp3) is 0.941. The van der Waals surface area contributed by atoms with E-state index in [0.717, 1.165) is 26.2 Å². The van der Waals surface area contributed by atoms with Crippen LogP contribution in [0.2, 0.25) is 0 Å². The topological polar surface area (TPSA) is 6.48 Å². The average molecular weight is 793 g/mol. The van der Waals surface area contributed by atoms with E-state index in [1.165, 1.54) is 154 Å². The van der Waals surface area contributed by atoms with Crippen LogP contribution in [-0.2, 0) is 73.3 Å². The van der Waals surface area contributed by atoms with Crippen LogP contribution in [-0.4, -0.2) is 44.6 Å². The molecule has 0 unspecified atom stereocenters. The molecule has 0 N–H and O–H groups in total. The Morgan fingerprint density at radius 1 is 0.372 bits per heavy atom. The summed E-state index contributed by atoms with van der Waals surface area (Å²) in [6.45, 7) is 13.3. The van der Waals surface area contributed by atoms with Crippen LogP contribution < -0.4 is 0 Å². The van der Waals surface area contributed by atoms with Gasteiger partial charge in [0.25, 0.3) is 0 Å². The van der Waals surface area contributed by atoms with Gasteiger partial charge in [-0.3, -0.25) is 0 Å². The minimum Gasteiger partial charge on any atom is -2.00 e. The Morgan fingerprint density at radius 2 is 0.535 bits per heavy atom. The van der Waals surface area contributed by atoms with Crippen molar-refractivity contribution in [2.45, 2.75) is 182 Å². The van der Waals surface area contributed by atoms with Crippen LogP contribution in [0.15, 0.2) is 0 Å². The maximum Gasteiger partial charge on any atom is 0.0162 e. The molecule has 0 bridgehead atoms.